The number of carbonyl (C=O) groups excluding carboxylic acids is 1. The van der Waals surface area contributed by atoms with Crippen molar-refractivity contribution >= 4 is 17.2 Å². The third kappa shape index (κ3) is 2.18. The number of piperazine rings is 1. The number of likely N-dealkylation sites (tertiary alicyclic amines) is 1. The van der Waals surface area contributed by atoms with Crippen molar-refractivity contribution in [3.8, 4) is 0 Å². The standard InChI is InChI=1S/C15H21N3OS/c19-15(14-8-11-2-1-3-13(11)20-14)18-9-12(10-18)17-6-4-16-5-7-17/h8,12,16H,1-7,9-10H2. The molecule has 4 nitrogen and oxygen atoms in total. The first-order chi connectivity index (χ1) is 9.81. The van der Waals surface area contributed by atoms with Gasteiger partial charge in [0, 0.05) is 50.2 Å². The number of nitrogens with zero attached hydrogens (tertiary/aromatic N) is 2. The summed E-state index contributed by atoms with van der Waals surface area (Å²) >= 11 is 1.73. The fourth-order valence-corrected chi connectivity index (χ4v) is 4.71. The SMILES string of the molecule is O=C(c1cc2c(s1)CCC2)N1CC(N2CCNCC2)C1. The fourth-order valence-electron chi connectivity index (χ4n) is 3.49. The van der Waals surface area contributed by atoms with Crippen LogP contribution in [0.4, 0.5) is 0 Å². The Morgan fingerprint density at radius 3 is 2.80 bits per heavy atom. The largest absolute Gasteiger partial charge is 0.335 e. The van der Waals surface area contributed by atoms with Gasteiger partial charge in [0.15, 0.2) is 0 Å². The second-order valence-corrected chi connectivity index (χ2v) is 7.20. The lowest BCUT2D eigenvalue weighted by atomic mass is 10.1. The predicted molar refractivity (Wildman–Crippen MR) is 80.5 cm³/mol. The molecule has 1 aromatic rings. The number of hydrogen-bond donors (Lipinski definition) is 1. The molecule has 20 heavy (non-hydrogen) atoms. The summed E-state index contributed by atoms with van der Waals surface area (Å²) < 4.78 is 0. The molecule has 1 aromatic heterocycles. The van der Waals surface area contributed by atoms with E-state index >= 15 is 0 Å². The van der Waals surface area contributed by atoms with E-state index in [1.54, 1.807) is 11.3 Å². The zero-order valence-corrected chi connectivity index (χ0v) is 12.5. The van der Waals surface area contributed by atoms with Gasteiger partial charge < -0.3 is 10.2 Å². The molecule has 2 aliphatic heterocycles. The van der Waals surface area contributed by atoms with Gasteiger partial charge >= 0.3 is 0 Å². The van der Waals surface area contributed by atoms with Gasteiger partial charge in [-0.2, -0.15) is 0 Å². The molecule has 0 aromatic carbocycles. The van der Waals surface area contributed by atoms with Gasteiger partial charge in [-0.15, -0.1) is 11.3 Å². The summed E-state index contributed by atoms with van der Waals surface area (Å²) in [6.07, 6.45) is 3.61. The van der Waals surface area contributed by atoms with Crippen LogP contribution in [0.25, 0.3) is 0 Å². The van der Waals surface area contributed by atoms with Crippen LogP contribution >= 0.6 is 11.3 Å². The van der Waals surface area contributed by atoms with Gasteiger partial charge in [0.25, 0.3) is 5.91 Å². The van der Waals surface area contributed by atoms with Gasteiger partial charge in [-0.3, -0.25) is 9.69 Å². The van der Waals surface area contributed by atoms with E-state index in [0.717, 1.165) is 44.1 Å². The van der Waals surface area contributed by atoms with E-state index in [2.05, 4.69) is 16.3 Å². The molecule has 0 bridgehead atoms. The van der Waals surface area contributed by atoms with Crippen molar-refractivity contribution in [2.45, 2.75) is 25.3 Å². The number of carbonyl (C=O) groups is 1. The monoisotopic (exact) mass is 291 g/mol. The van der Waals surface area contributed by atoms with E-state index < -0.39 is 0 Å². The average molecular weight is 291 g/mol. The molecule has 1 N–H and O–H groups in total. The fraction of sp³-hybridized carbons (Fsp3) is 0.667. The molecule has 3 heterocycles. The highest BCUT2D eigenvalue weighted by molar-refractivity contribution is 7.14. The van der Waals surface area contributed by atoms with Crippen molar-refractivity contribution in [2.75, 3.05) is 39.3 Å². The van der Waals surface area contributed by atoms with Crippen molar-refractivity contribution in [1.82, 2.24) is 15.1 Å². The van der Waals surface area contributed by atoms with E-state index in [-0.39, 0.29) is 5.91 Å². The number of hydrogen-bond acceptors (Lipinski definition) is 4. The second-order valence-electron chi connectivity index (χ2n) is 6.06. The van der Waals surface area contributed by atoms with Crippen LogP contribution in [0.2, 0.25) is 0 Å². The third-order valence-corrected chi connectivity index (χ3v) is 6.00. The average Bonchev–Trinajstić information content (AvgIpc) is 2.98. The number of fused-ring (bicyclic) bond motifs is 1. The number of thiophene rings is 1. The van der Waals surface area contributed by atoms with Crippen LogP contribution in [0.1, 0.15) is 26.5 Å². The van der Waals surface area contributed by atoms with Crippen molar-refractivity contribution < 1.29 is 4.79 Å². The minimum atomic E-state index is 0.260. The van der Waals surface area contributed by atoms with Crippen molar-refractivity contribution in [1.29, 1.82) is 0 Å². The molecule has 0 spiro atoms. The van der Waals surface area contributed by atoms with E-state index in [4.69, 9.17) is 0 Å². The van der Waals surface area contributed by atoms with Crippen molar-refractivity contribution in [3.63, 3.8) is 0 Å². The summed E-state index contributed by atoms with van der Waals surface area (Å²) in [6, 6.07) is 2.74. The van der Waals surface area contributed by atoms with Crippen LogP contribution < -0.4 is 5.32 Å². The summed E-state index contributed by atoms with van der Waals surface area (Å²) in [6.45, 7) is 6.26. The van der Waals surface area contributed by atoms with E-state index in [1.165, 1.54) is 29.7 Å². The molecule has 0 saturated carbocycles. The molecule has 0 unspecified atom stereocenters. The first kappa shape index (κ1) is 12.8. The summed E-state index contributed by atoms with van der Waals surface area (Å²) in [5.41, 5.74) is 1.43. The first-order valence-electron chi connectivity index (χ1n) is 7.67. The van der Waals surface area contributed by atoms with E-state index in [0.29, 0.717) is 6.04 Å². The zero-order chi connectivity index (χ0) is 13.5. The molecule has 2 fully saturated rings. The summed E-state index contributed by atoms with van der Waals surface area (Å²) in [4.78, 5) is 19.4. The lowest BCUT2D eigenvalue weighted by Gasteiger charge is -2.46. The Kier molecular flexibility index (Phi) is 3.28. The van der Waals surface area contributed by atoms with Gasteiger partial charge in [-0.25, -0.2) is 0 Å². The van der Waals surface area contributed by atoms with Crippen LogP contribution in [0.3, 0.4) is 0 Å². The van der Waals surface area contributed by atoms with Crippen LogP contribution in [0.5, 0.6) is 0 Å². The lowest BCUT2D eigenvalue weighted by molar-refractivity contribution is 0.0231. The van der Waals surface area contributed by atoms with Crippen LogP contribution in [-0.2, 0) is 12.8 Å². The van der Waals surface area contributed by atoms with Gasteiger partial charge in [0.05, 0.1) is 4.88 Å². The Labute approximate surface area is 123 Å². The number of nitrogens with one attached hydrogen (secondary N) is 1. The van der Waals surface area contributed by atoms with Crippen molar-refractivity contribution in [2.24, 2.45) is 0 Å². The first-order valence-corrected chi connectivity index (χ1v) is 8.48. The van der Waals surface area contributed by atoms with E-state index in [9.17, 15) is 4.79 Å². The smallest absolute Gasteiger partial charge is 0.264 e. The van der Waals surface area contributed by atoms with E-state index in [1.807, 2.05) is 4.90 Å². The lowest BCUT2D eigenvalue weighted by Crippen LogP contribution is -2.63. The maximum Gasteiger partial charge on any atom is 0.264 e. The minimum absolute atomic E-state index is 0.260. The normalized spacial score (nSPS) is 23.7. The third-order valence-electron chi connectivity index (χ3n) is 4.77. The molecular formula is C15H21N3OS. The second kappa shape index (κ2) is 5.13. The topological polar surface area (TPSA) is 35.6 Å². The zero-order valence-electron chi connectivity index (χ0n) is 11.7. The highest BCUT2D eigenvalue weighted by Crippen LogP contribution is 2.32. The molecule has 3 aliphatic rings. The molecular weight excluding hydrogens is 270 g/mol. The Balaban J connectivity index is 1.36. The molecule has 5 heteroatoms. The van der Waals surface area contributed by atoms with Gasteiger partial charge in [-0.1, -0.05) is 0 Å². The highest BCUT2D eigenvalue weighted by Gasteiger charge is 2.36. The maximum atomic E-state index is 12.5. The molecule has 0 radical (unpaired) electrons. The molecule has 0 atom stereocenters. The Bertz CT molecular complexity index is 494. The van der Waals surface area contributed by atoms with Crippen LogP contribution in [0.15, 0.2) is 6.07 Å². The molecule has 2 saturated heterocycles. The number of amides is 1. The Morgan fingerprint density at radius 1 is 1.25 bits per heavy atom. The summed E-state index contributed by atoms with van der Waals surface area (Å²) in [5, 5.41) is 3.38. The summed E-state index contributed by atoms with van der Waals surface area (Å²) in [5.74, 6) is 0.260. The van der Waals surface area contributed by atoms with Gasteiger partial charge in [0.2, 0.25) is 0 Å². The van der Waals surface area contributed by atoms with Crippen LogP contribution in [-0.4, -0.2) is 61.0 Å². The minimum Gasteiger partial charge on any atom is -0.335 e. The number of aryl methyl sites for hydroxylation is 2. The van der Waals surface area contributed by atoms with Crippen LogP contribution in [0, 0.1) is 0 Å². The maximum absolute atomic E-state index is 12.5. The Morgan fingerprint density at radius 2 is 2.05 bits per heavy atom. The van der Waals surface area contributed by atoms with Gasteiger partial charge in [-0.05, 0) is 30.9 Å². The molecule has 1 aliphatic carbocycles. The van der Waals surface area contributed by atoms with Crippen molar-refractivity contribution in [3.05, 3.63) is 21.4 Å². The highest BCUT2D eigenvalue weighted by atomic mass is 32.1. The summed E-state index contributed by atoms with van der Waals surface area (Å²) in [7, 11) is 0. The molecule has 108 valence electrons. The molecule has 1 amide bonds. The quantitative estimate of drug-likeness (QED) is 0.882. The number of rotatable bonds is 2. The van der Waals surface area contributed by atoms with Gasteiger partial charge in [0.1, 0.15) is 0 Å². The molecule has 4 rings (SSSR count). The Hall–Kier alpha value is -0.910. The predicted octanol–water partition coefficient (Wildman–Crippen LogP) is 0.966.